The highest BCUT2D eigenvalue weighted by Gasteiger charge is 2.20. The number of fused-ring (bicyclic) bond motifs is 1. The summed E-state index contributed by atoms with van der Waals surface area (Å²) in [4.78, 5) is 8.36. The van der Waals surface area contributed by atoms with Crippen molar-refractivity contribution in [1.29, 1.82) is 0 Å². The molecule has 0 amide bonds. The normalized spacial score (nSPS) is 12.5. The summed E-state index contributed by atoms with van der Waals surface area (Å²) in [6, 6.07) is 9.01. The Morgan fingerprint density at radius 2 is 2.05 bits per heavy atom. The Bertz CT molecular complexity index is 777. The lowest BCUT2D eigenvalue weighted by atomic mass is 9.97. The first-order chi connectivity index (χ1) is 10.2. The van der Waals surface area contributed by atoms with Crippen LogP contribution in [0.2, 0.25) is 5.02 Å². The van der Waals surface area contributed by atoms with Gasteiger partial charge in [0.2, 0.25) is 0 Å². The molecular formula is C16H14ClN3O. The van der Waals surface area contributed by atoms with Gasteiger partial charge in [-0.3, -0.25) is 9.97 Å². The molecule has 0 aliphatic carbocycles. The van der Waals surface area contributed by atoms with Gasteiger partial charge in [-0.2, -0.15) is 0 Å². The van der Waals surface area contributed by atoms with Gasteiger partial charge in [-0.25, -0.2) is 0 Å². The van der Waals surface area contributed by atoms with Crippen LogP contribution in [-0.2, 0) is 0 Å². The smallest absolute Gasteiger partial charge is 0.147 e. The molecule has 0 bridgehead atoms. The molecule has 2 aromatic heterocycles. The van der Waals surface area contributed by atoms with Crippen LogP contribution < -0.4 is 5.32 Å². The van der Waals surface area contributed by atoms with E-state index in [1.165, 1.54) is 0 Å². The monoisotopic (exact) mass is 299 g/mol. The van der Waals surface area contributed by atoms with E-state index in [0.717, 1.165) is 10.9 Å². The minimum Gasteiger partial charge on any atom is -0.505 e. The van der Waals surface area contributed by atoms with Crippen molar-refractivity contribution in [2.24, 2.45) is 0 Å². The largest absolute Gasteiger partial charge is 0.505 e. The lowest BCUT2D eigenvalue weighted by Gasteiger charge is -2.19. The molecule has 0 spiro atoms. The summed E-state index contributed by atoms with van der Waals surface area (Å²) in [5.74, 6) is 0.137. The molecular weight excluding hydrogens is 286 g/mol. The van der Waals surface area contributed by atoms with Crippen molar-refractivity contribution >= 4 is 22.5 Å². The van der Waals surface area contributed by atoms with Crippen LogP contribution in [0.25, 0.3) is 10.9 Å². The van der Waals surface area contributed by atoms with Gasteiger partial charge in [0.25, 0.3) is 0 Å². The number of nitrogens with one attached hydrogen (secondary N) is 1. The fourth-order valence-corrected chi connectivity index (χ4v) is 2.74. The average Bonchev–Trinajstić information content (AvgIpc) is 2.54. The maximum atomic E-state index is 10.6. The predicted octanol–water partition coefficient (Wildman–Crippen LogP) is 3.30. The molecule has 0 saturated heterocycles. The number of pyridine rings is 2. The molecule has 3 aromatic rings. The molecule has 2 N–H and O–H groups in total. The fourth-order valence-electron chi connectivity index (χ4n) is 2.47. The summed E-state index contributed by atoms with van der Waals surface area (Å²) in [6.07, 6.45) is 5.11. The summed E-state index contributed by atoms with van der Waals surface area (Å²) in [6.45, 7) is 0. The SMILES string of the molecule is CNC(c1cccnc1)c1cc(Cl)c2cccnc2c1O. The molecule has 1 unspecified atom stereocenters. The number of phenolic OH excluding ortho intramolecular Hbond substituents is 1. The summed E-state index contributed by atoms with van der Waals surface area (Å²) in [7, 11) is 1.83. The molecule has 0 radical (unpaired) electrons. The third kappa shape index (κ3) is 2.44. The van der Waals surface area contributed by atoms with Crippen LogP contribution >= 0.6 is 11.6 Å². The third-order valence-corrected chi connectivity index (χ3v) is 3.78. The van der Waals surface area contributed by atoms with Crippen molar-refractivity contribution in [1.82, 2.24) is 15.3 Å². The number of aromatic nitrogens is 2. The van der Waals surface area contributed by atoms with Gasteiger partial charge in [0, 0.05) is 29.5 Å². The number of phenols is 1. The van der Waals surface area contributed by atoms with E-state index in [-0.39, 0.29) is 11.8 Å². The van der Waals surface area contributed by atoms with Gasteiger partial charge in [-0.15, -0.1) is 0 Å². The summed E-state index contributed by atoms with van der Waals surface area (Å²) in [5.41, 5.74) is 2.13. The molecule has 0 aliphatic rings. The number of hydrogen-bond donors (Lipinski definition) is 2. The van der Waals surface area contributed by atoms with Gasteiger partial charge in [-0.05, 0) is 36.9 Å². The molecule has 0 fully saturated rings. The van der Waals surface area contributed by atoms with E-state index in [0.29, 0.717) is 16.1 Å². The van der Waals surface area contributed by atoms with E-state index in [1.54, 1.807) is 30.7 Å². The number of benzene rings is 1. The Balaban J connectivity index is 2.22. The van der Waals surface area contributed by atoms with Gasteiger partial charge < -0.3 is 10.4 Å². The number of aromatic hydroxyl groups is 1. The molecule has 0 aliphatic heterocycles. The van der Waals surface area contributed by atoms with Crippen molar-refractivity contribution in [3.63, 3.8) is 0 Å². The molecule has 3 rings (SSSR count). The first-order valence-electron chi connectivity index (χ1n) is 6.55. The van der Waals surface area contributed by atoms with Crippen molar-refractivity contribution < 1.29 is 5.11 Å². The van der Waals surface area contributed by atoms with Crippen LogP contribution in [0.3, 0.4) is 0 Å². The van der Waals surface area contributed by atoms with Gasteiger partial charge in [-0.1, -0.05) is 17.7 Å². The molecule has 1 atom stereocenters. The summed E-state index contributed by atoms with van der Waals surface area (Å²) < 4.78 is 0. The van der Waals surface area contributed by atoms with E-state index in [4.69, 9.17) is 11.6 Å². The summed E-state index contributed by atoms with van der Waals surface area (Å²) in [5, 5.41) is 15.0. The molecule has 4 nitrogen and oxygen atoms in total. The molecule has 21 heavy (non-hydrogen) atoms. The molecule has 106 valence electrons. The second kappa shape index (κ2) is 5.68. The zero-order valence-corrected chi connectivity index (χ0v) is 12.2. The lowest BCUT2D eigenvalue weighted by Crippen LogP contribution is -2.18. The van der Waals surface area contributed by atoms with Gasteiger partial charge >= 0.3 is 0 Å². The fraction of sp³-hybridized carbons (Fsp3) is 0.125. The quantitative estimate of drug-likeness (QED) is 0.779. The highest BCUT2D eigenvalue weighted by Crippen LogP contribution is 2.37. The highest BCUT2D eigenvalue weighted by atomic mass is 35.5. The van der Waals surface area contributed by atoms with Crippen molar-refractivity contribution in [2.45, 2.75) is 6.04 Å². The summed E-state index contributed by atoms with van der Waals surface area (Å²) >= 11 is 6.33. The van der Waals surface area contributed by atoms with Crippen molar-refractivity contribution in [2.75, 3.05) is 7.05 Å². The van der Waals surface area contributed by atoms with E-state index in [9.17, 15) is 5.11 Å². The molecule has 0 saturated carbocycles. The van der Waals surface area contributed by atoms with Crippen LogP contribution in [-0.4, -0.2) is 22.1 Å². The molecule has 5 heteroatoms. The van der Waals surface area contributed by atoms with Crippen LogP contribution in [0.5, 0.6) is 5.75 Å². The Labute approximate surface area is 127 Å². The standard InChI is InChI=1S/C16H14ClN3O/c1-18-14(10-4-2-6-19-9-10)12-8-13(17)11-5-3-7-20-15(11)16(12)21/h2-9,14,18,21H,1H3. The second-order valence-electron chi connectivity index (χ2n) is 4.70. The maximum Gasteiger partial charge on any atom is 0.147 e. The number of hydrogen-bond acceptors (Lipinski definition) is 4. The Hall–Kier alpha value is -2.17. The van der Waals surface area contributed by atoms with Crippen molar-refractivity contribution in [3.8, 4) is 5.75 Å². The third-order valence-electron chi connectivity index (χ3n) is 3.46. The highest BCUT2D eigenvalue weighted by molar-refractivity contribution is 6.35. The Morgan fingerprint density at radius 1 is 1.24 bits per heavy atom. The lowest BCUT2D eigenvalue weighted by molar-refractivity contribution is 0.466. The minimum atomic E-state index is -0.206. The molecule has 2 heterocycles. The minimum absolute atomic E-state index is 0.137. The number of rotatable bonds is 3. The second-order valence-corrected chi connectivity index (χ2v) is 5.11. The van der Waals surface area contributed by atoms with Gasteiger partial charge in [0.15, 0.2) is 0 Å². The van der Waals surface area contributed by atoms with E-state index in [2.05, 4.69) is 15.3 Å². The zero-order chi connectivity index (χ0) is 14.8. The van der Waals surface area contributed by atoms with Gasteiger partial charge in [0.1, 0.15) is 11.3 Å². The Morgan fingerprint density at radius 3 is 2.76 bits per heavy atom. The van der Waals surface area contributed by atoms with Crippen molar-refractivity contribution in [3.05, 3.63) is 65.1 Å². The zero-order valence-electron chi connectivity index (χ0n) is 11.4. The number of nitrogens with zero attached hydrogens (tertiary/aromatic N) is 2. The van der Waals surface area contributed by atoms with E-state index < -0.39 is 0 Å². The van der Waals surface area contributed by atoms with E-state index in [1.807, 2.05) is 25.2 Å². The number of halogens is 1. The first-order valence-corrected chi connectivity index (χ1v) is 6.93. The Kier molecular flexibility index (Phi) is 3.73. The van der Waals surface area contributed by atoms with Crippen LogP contribution in [0.15, 0.2) is 48.9 Å². The topological polar surface area (TPSA) is 58.0 Å². The van der Waals surface area contributed by atoms with Crippen LogP contribution in [0.4, 0.5) is 0 Å². The van der Waals surface area contributed by atoms with Crippen LogP contribution in [0, 0.1) is 0 Å². The van der Waals surface area contributed by atoms with Gasteiger partial charge in [0.05, 0.1) is 11.1 Å². The predicted molar refractivity (Wildman–Crippen MR) is 83.6 cm³/mol. The average molecular weight is 300 g/mol. The maximum absolute atomic E-state index is 10.6. The first kappa shape index (κ1) is 13.8. The van der Waals surface area contributed by atoms with Crippen LogP contribution in [0.1, 0.15) is 17.2 Å². The molecule has 1 aromatic carbocycles. The van der Waals surface area contributed by atoms with E-state index >= 15 is 0 Å².